The number of hydrogen-bond donors (Lipinski definition) is 1. The molecule has 0 heterocycles. The van der Waals surface area contributed by atoms with Gasteiger partial charge in [-0.1, -0.05) is 28.1 Å². The fourth-order valence-corrected chi connectivity index (χ4v) is 5.06. The monoisotopic (exact) mass is 362 g/mol. The molecule has 0 bridgehead atoms. The number of sulfone groups is 1. The third kappa shape index (κ3) is 2.38. The van der Waals surface area contributed by atoms with E-state index in [1.807, 2.05) is 0 Å². The zero-order valence-corrected chi connectivity index (χ0v) is 13.4. The molecule has 1 aliphatic carbocycles. The highest BCUT2D eigenvalue weighted by Crippen LogP contribution is 2.63. The van der Waals surface area contributed by atoms with Crippen LogP contribution in [0, 0.1) is 5.41 Å². The summed E-state index contributed by atoms with van der Waals surface area (Å²) in [6.07, 6.45) is 1.07. The van der Waals surface area contributed by atoms with Gasteiger partial charge in [-0.3, -0.25) is 4.79 Å². The van der Waals surface area contributed by atoms with Crippen LogP contribution in [0.2, 0.25) is 0 Å². The Morgan fingerprint density at radius 1 is 1.40 bits per heavy atom. The van der Waals surface area contributed by atoms with Gasteiger partial charge in [-0.2, -0.15) is 0 Å². The molecule has 1 fully saturated rings. The minimum atomic E-state index is -3.48. The van der Waals surface area contributed by atoms with Crippen LogP contribution in [0.15, 0.2) is 28.7 Å². The van der Waals surface area contributed by atoms with Gasteiger partial charge in [-0.25, -0.2) is 8.42 Å². The van der Waals surface area contributed by atoms with Crippen LogP contribution < -0.4 is 0 Å². The minimum Gasteiger partial charge on any atom is -0.481 e. The van der Waals surface area contributed by atoms with Crippen molar-refractivity contribution in [2.45, 2.75) is 11.2 Å². The largest absolute Gasteiger partial charge is 0.481 e. The van der Waals surface area contributed by atoms with Crippen molar-refractivity contribution >= 4 is 31.7 Å². The summed E-state index contributed by atoms with van der Waals surface area (Å²) in [6, 6.07) is 7.03. The molecule has 1 aliphatic rings. The van der Waals surface area contributed by atoms with Crippen LogP contribution >= 0.6 is 15.9 Å². The molecule has 0 saturated heterocycles. The summed E-state index contributed by atoms with van der Waals surface area (Å²) in [6.45, 7) is -0.124. The normalized spacial score (nSPS) is 29.1. The summed E-state index contributed by atoms with van der Waals surface area (Å²) in [4.78, 5) is 11.6. The molecular formula is C13H15BrO5S. The Kier molecular flexibility index (Phi) is 3.96. The Morgan fingerprint density at radius 2 is 1.95 bits per heavy atom. The Labute approximate surface area is 126 Å². The zero-order chi connectivity index (χ0) is 15.1. The molecule has 0 aromatic heterocycles. The Hall–Kier alpha value is -0.920. The summed E-state index contributed by atoms with van der Waals surface area (Å²) in [5, 5.41) is 8.55. The number of aliphatic carboxylic acids is 1. The predicted molar refractivity (Wildman–Crippen MR) is 77.5 cm³/mol. The maximum Gasteiger partial charge on any atom is 0.314 e. The summed E-state index contributed by atoms with van der Waals surface area (Å²) >= 11 is 3.30. The van der Waals surface area contributed by atoms with Gasteiger partial charge < -0.3 is 9.84 Å². The van der Waals surface area contributed by atoms with E-state index in [-0.39, 0.29) is 6.61 Å². The van der Waals surface area contributed by atoms with E-state index in [1.165, 1.54) is 7.11 Å². The maximum absolute atomic E-state index is 11.9. The molecule has 0 unspecified atom stereocenters. The molecule has 0 aliphatic heterocycles. The van der Waals surface area contributed by atoms with Crippen LogP contribution in [-0.4, -0.2) is 44.7 Å². The lowest BCUT2D eigenvalue weighted by atomic mass is 10.0. The van der Waals surface area contributed by atoms with Crippen molar-refractivity contribution in [2.75, 3.05) is 20.0 Å². The number of rotatable bonds is 5. The molecule has 1 N–H and O–H groups in total. The van der Waals surface area contributed by atoms with E-state index >= 15 is 0 Å². The summed E-state index contributed by atoms with van der Waals surface area (Å²) in [7, 11) is -2.11. The molecule has 20 heavy (non-hydrogen) atoms. The lowest BCUT2D eigenvalue weighted by Crippen LogP contribution is -2.28. The second-order valence-corrected chi connectivity index (χ2v) is 8.14. The van der Waals surface area contributed by atoms with Gasteiger partial charge in [0.2, 0.25) is 0 Å². The van der Waals surface area contributed by atoms with Crippen molar-refractivity contribution in [3.8, 4) is 0 Å². The Morgan fingerprint density at radius 3 is 2.35 bits per heavy atom. The van der Waals surface area contributed by atoms with Gasteiger partial charge in [0.25, 0.3) is 0 Å². The quantitative estimate of drug-likeness (QED) is 0.861. The standard InChI is InChI=1S/C13H15BrO5S/c1-19-7-13(12(15)16)10(11(13)20(2,17)18)8-3-5-9(14)6-4-8/h3-6,10-11H,7H2,1-2H3,(H,15,16)/t10-,11+,13-/m1/s1. The van der Waals surface area contributed by atoms with Crippen LogP contribution in [-0.2, 0) is 19.4 Å². The van der Waals surface area contributed by atoms with Crippen LogP contribution in [0.25, 0.3) is 0 Å². The highest BCUT2D eigenvalue weighted by Gasteiger charge is 2.74. The van der Waals surface area contributed by atoms with E-state index in [1.54, 1.807) is 24.3 Å². The number of carboxylic acids is 1. The number of carbonyl (C=O) groups is 1. The van der Waals surface area contributed by atoms with Gasteiger partial charge in [-0.05, 0) is 17.7 Å². The molecule has 5 nitrogen and oxygen atoms in total. The van der Waals surface area contributed by atoms with E-state index < -0.39 is 32.4 Å². The second-order valence-electron chi connectivity index (χ2n) is 5.06. The van der Waals surface area contributed by atoms with Gasteiger partial charge in [0.05, 0.1) is 11.9 Å². The lowest BCUT2D eigenvalue weighted by Gasteiger charge is -2.11. The molecule has 110 valence electrons. The number of carboxylic acid groups (broad SMARTS) is 1. The van der Waals surface area contributed by atoms with Crippen molar-refractivity contribution < 1.29 is 23.1 Å². The number of hydrogen-bond acceptors (Lipinski definition) is 4. The van der Waals surface area contributed by atoms with E-state index in [0.29, 0.717) is 5.56 Å². The third-order valence-electron chi connectivity index (χ3n) is 3.73. The lowest BCUT2D eigenvalue weighted by molar-refractivity contribution is -0.145. The summed E-state index contributed by atoms with van der Waals surface area (Å²) < 4.78 is 29.7. The van der Waals surface area contributed by atoms with E-state index in [2.05, 4.69) is 15.9 Å². The first-order valence-corrected chi connectivity index (χ1v) is 8.66. The van der Waals surface area contributed by atoms with E-state index in [4.69, 9.17) is 4.74 Å². The van der Waals surface area contributed by atoms with Gasteiger partial charge in [0, 0.05) is 23.8 Å². The van der Waals surface area contributed by atoms with Crippen LogP contribution in [0.3, 0.4) is 0 Å². The van der Waals surface area contributed by atoms with Crippen molar-refractivity contribution in [3.05, 3.63) is 34.3 Å². The zero-order valence-electron chi connectivity index (χ0n) is 11.0. The first kappa shape index (κ1) is 15.5. The van der Waals surface area contributed by atoms with Gasteiger partial charge >= 0.3 is 5.97 Å². The predicted octanol–water partition coefficient (Wildman–Crippen LogP) is 1.68. The topological polar surface area (TPSA) is 80.7 Å². The second kappa shape index (κ2) is 5.13. The highest BCUT2D eigenvalue weighted by molar-refractivity contribution is 9.10. The number of benzene rings is 1. The molecule has 3 atom stereocenters. The molecule has 1 aromatic rings. The number of ether oxygens (including phenoxy) is 1. The van der Waals surface area contributed by atoms with Crippen molar-refractivity contribution in [1.29, 1.82) is 0 Å². The van der Waals surface area contributed by atoms with Crippen LogP contribution in [0.5, 0.6) is 0 Å². The van der Waals surface area contributed by atoms with Crippen molar-refractivity contribution in [3.63, 3.8) is 0 Å². The number of methoxy groups -OCH3 is 1. The molecule has 1 aromatic carbocycles. The van der Waals surface area contributed by atoms with Crippen molar-refractivity contribution in [1.82, 2.24) is 0 Å². The van der Waals surface area contributed by atoms with E-state index in [9.17, 15) is 18.3 Å². The Balaban J connectivity index is 2.49. The van der Waals surface area contributed by atoms with Gasteiger partial charge in [0.1, 0.15) is 5.41 Å². The fourth-order valence-electron chi connectivity index (χ4n) is 2.90. The molecule has 1 saturated carbocycles. The van der Waals surface area contributed by atoms with Crippen LogP contribution in [0.1, 0.15) is 11.5 Å². The minimum absolute atomic E-state index is 0.124. The van der Waals surface area contributed by atoms with E-state index in [0.717, 1.165) is 10.7 Å². The average Bonchev–Trinajstić information content (AvgIpc) is 3.01. The molecular weight excluding hydrogens is 348 g/mol. The smallest absolute Gasteiger partial charge is 0.314 e. The first-order valence-electron chi connectivity index (χ1n) is 5.92. The SMILES string of the molecule is COC[C@@]1(C(=O)O)[C@H](c2ccc(Br)cc2)[C@@H]1S(C)(=O)=O. The molecule has 0 amide bonds. The fraction of sp³-hybridized carbons (Fsp3) is 0.462. The highest BCUT2D eigenvalue weighted by atomic mass is 79.9. The molecule has 0 spiro atoms. The Bertz CT molecular complexity index is 625. The van der Waals surface area contributed by atoms with Crippen molar-refractivity contribution in [2.24, 2.45) is 5.41 Å². The molecule has 0 radical (unpaired) electrons. The third-order valence-corrected chi connectivity index (χ3v) is 5.87. The number of halogens is 1. The van der Waals surface area contributed by atoms with Gasteiger partial charge in [-0.15, -0.1) is 0 Å². The maximum atomic E-state index is 11.9. The molecule has 2 rings (SSSR count). The average molecular weight is 363 g/mol. The van der Waals surface area contributed by atoms with Crippen LogP contribution in [0.4, 0.5) is 0 Å². The first-order chi connectivity index (χ1) is 9.25. The summed E-state index contributed by atoms with van der Waals surface area (Å²) in [5.41, 5.74) is -0.695. The molecule has 7 heteroatoms. The summed E-state index contributed by atoms with van der Waals surface area (Å²) in [5.74, 6) is -1.72. The van der Waals surface area contributed by atoms with Gasteiger partial charge in [0.15, 0.2) is 9.84 Å².